The molecule has 1 aliphatic heterocycles. The van der Waals surface area contributed by atoms with E-state index in [1.165, 1.54) is 12.8 Å². The first-order valence-electron chi connectivity index (χ1n) is 8.85. The number of nitrogens with one attached hydrogen (secondary N) is 2. The van der Waals surface area contributed by atoms with Crippen molar-refractivity contribution in [2.45, 2.75) is 19.8 Å². The van der Waals surface area contributed by atoms with Crippen molar-refractivity contribution >= 4 is 57.8 Å². The maximum atomic E-state index is 12.2. The molecule has 1 amide bonds. The normalized spacial score (nSPS) is 14.7. The Morgan fingerprint density at radius 1 is 1.11 bits per heavy atom. The van der Waals surface area contributed by atoms with Crippen molar-refractivity contribution in [1.82, 2.24) is 5.32 Å². The Hall–Kier alpha value is -1.82. The largest absolute Gasteiger partial charge is 0.370 e. The number of halogens is 2. The Bertz CT molecular complexity index is 834. The summed E-state index contributed by atoms with van der Waals surface area (Å²) in [6.45, 7) is 4.32. The summed E-state index contributed by atoms with van der Waals surface area (Å²) in [4.78, 5) is 14.5. The van der Waals surface area contributed by atoms with Crippen LogP contribution in [0.15, 0.2) is 42.5 Å². The highest BCUT2D eigenvalue weighted by Gasteiger charge is 2.18. The minimum atomic E-state index is -0.297. The number of benzene rings is 2. The van der Waals surface area contributed by atoms with Crippen LogP contribution in [-0.2, 0) is 0 Å². The van der Waals surface area contributed by atoms with E-state index in [9.17, 15) is 4.79 Å². The summed E-state index contributed by atoms with van der Waals surface area (Å²) in [5, 5.41) is 7.11. The van der Waals surface area contributed by atoms with Crippen LogP contribution in [0.25, 0.3) is 0 Å². The molecule has 27 heavy (non-hydrogen) atoms. The van der Waals surface area contributed by atoms with Crippen LogP contribution in [0.1, 0.15) is 30.1 Å². The van der Waals surface area contributed by atoms with Crippen LogP contribution in [-0.4, -0.2) is 24.1 Å². The second-order valence-electron chi connectivity index (χ2n) is 6.75. The Labute approximate surface area is 174 Å². The second-order valence-corrected chi connectivity index (χ2v) is 8.00. The molecule has 1 saturated heterocycles. The number of carbonyl (C=O) groups excluding carboxylic acids is 1. The van der Waals surface area contributed by atoms with E-state index >= 15 is 0 Å². The second kappa shape index (κ2) is 8.91. The van der Waals surface area contributed by atoms with E-state index in [0.29, 0.717) is 15.6 Å². The van der Waals surface area contributed by atoms with Gasteiger partial charge in [0.25, 0.3) is 5.91 Å². The number of piperidine rings is 1. The molecule has 1 aliphatic rings. The molecule has 3 rings (SSSR count). The lowest BCUT2D eigenvalue weighted by Gasteiger charge is -2.32. The smallest absolute Gasteiger partial charge is 0.257 e. The van der Waals surface area contributed by atoms with E-state index in [1.54, 1.807) is 24.3 Å². The molecule has 4 nitrogen and oxygen atoms in total. The molecule has 142 valence electrons. The van der Waals surface area contributed by atoms with Crippen molar-refractivity contribution < 1.29 is 4.79 Å². The van der Waals surface area contributed by atoms with E-state index < -0.39 is 0 Å². The Kier molecular flexibility index (Phi) is 6.58. The van der Waals surface area contributed by atoms with Crippen molar-refractivity contribution in [2.24, 2.45) is 5.92 Å². The molecule has 0 bridgehead atoms. The van der Waals surface area contributed by atoms with Gasteiger partial charge in [0.05, 0.1) is 10.7 Å². The van der Waals surface area contributed by atoms with Gasteiger partial charge in [0.2, 0.25) is 0 Å². The minimum absolute atomic E-state index is 0.213. The fraction of sp³-hybridized carbons (Fsp3) is 0.300. The third-order valence-corrected chi connectivity index (χ3v) is 5.42. The topological polar surface area (TPSA) is 44.4 Å². The molecule has 0 unspecified atom stereocenters. The lowest BCUT2D eigenvalue weighted by Crippen LogP contribution is -2.34. The van der Waals surface area contributed by atoms with Crippen molar-refractivity contribution in [2.75, 3.05) is 23.3 Å². The summed E-state index contributed by atoms with van der Waals surface area (Å²) in [6.07, 6.45) is 2.36. The van der Waals surface area contributed by atoms with Crippen molar-refractivity contribution in [3.63, 3.8) is 0 Å². The summed E-state index contributed by atoms with van der Waals surface area (Å²) in [7, 11) is 0. The highest BCUT2D eigenvalue weighted by molar-refractivity contribution is 7.80. The molecule has 2 aromatic carbocycles. The monoisotopic (exact) mass is 421 g/mol. The van der Waals surface area contributed by atoms with Gasteiger partial charge in [-0.1, -0.05) is 30.1 Å². The number of hydrogen-bond donors (Lipinski definition) is 2. The molecular weight excluding hydrogens is 401 g/mol. The highest BCUT2D eigenvalue weighted by Crippen LogP contribution is 2.31. The molecule has 0 atom stereocenters. The Morgan fingerprint density at radius 2 is 1.78 bits per heavy atom. The van der Waals surface area contributed by atoms with Crippen molar-refractivity contribution in [3.8, 4) is 0 Å². The molecule has 7 heteroatoms. The first-order valence-corrected chi connectivity index (χ1v) is 10.0. The highest BCUT2D eigenvalue weighted by atomic mass is 35.5. The minimum Gasteiger partial charge on any atom is -0.370 e. The van der Waals surface area contributed by atoms with Crippen molar-refractivity contribution in [3.05, 3.63) is 58.1 Å². The van der Waals surface area contributed by atoms with Crippen LogP contribution in [0.3, 0.4) is 0 Å². The van der Waals surface area contributed by atoms with E-state index in [1.807, 2.05) is 18.2 Å². The lowest BCUT2D eigenvalue weighted by molar-refractivity contribution is 0.0978. The zero-order valence-electron chi connectivity index (χ0n) is 15.0. The summed E-state index contributed by atoms with van der Waals surface area (Å²) in [5.41, 5.74) is 2.25. The van der Waals surface area contributed by atoms with Gasteiger partial charge in [-0.05, 0) is 73.4 Å². The van der Waals surface area contributed by atoms with Crippen molar-refractivity contribution in [1.29, 1.82) is 0 Å². The first kappa shape index (κ1) is 19.9. The molecule has 0 aromatic heterocycles. The molecule has 0 spiro atoms. The maximum Gasteiger partial charge on any atom is 0.257 e. The van der Waals surface area contributed by atoms with Gasteiger partial charge < -0.3 is 10.2 Å². The average Bonchev–Trinajstić information content (AvgIpc) is 2.63. The quantitative estimate of drug-likeness (QED) is 0.654. The molecule has 1 heterocycles. The molecule has 2 aromatic rings. The van der Waals surface area contributed by atoms with Crippen LogP contribution < -0.4 is 15.5 Å². The van der Waals surface area contributed by atoms with Crippen LogP contribution in [0, 0.1) is 5.92 Å². The molecule has 2 N–H and O–H groups in total. The fourth-order valence-corrected chi connectivity index (χ4v) is 3.67. The predicted octanol–water partition coefficient (Wildman–Crippen LogP) is 5.36. The van der Waals surface area contributed by atoms with E-state index in [4.69, 9.17) is 35.4 Å². The Morgan fingerprint density at radius 3 is 2.41 bits per heavy atom. The summed E-state index contributed by atoms with van der Waals surface area (Å²) >= 11 is 17.5. The summed E-state index contributed by atoms with van der Waals surface area (Å²) < 4.78 is 0. The van der Waals surface area contributed by atoms with Gasteiger partial charge in [-0.3, -0.25) is 10.1 Å². The number of hydrogen-bond acceptors (Lipinski definition) is 3. The zero-order chi connectivity index (χ0) is 19.4. The van der Waals surface area contributed by atoms with Gasteiger partial charge in [-0.2, -0.15) is 0 Å². The van der Waals surface area contributed by atoms with Crippen LogP contribution in [0.2, 0.25) is 10.0 Å². The maximum absolute atomic E-state index is 12.2. The molecule has 0 radical (unpaired) electrons. The Balaban J connectivity index is 1.60. The number of nitrogens with zero attached hydrogens (tertiary/aromatic N) is 1. The standard InChI is InChI=1S/C20H21Cl2N3OS/c1-13-8-10-25(11-9-13)18-7-6-16(12-17(18)22)23-20(27)24-19(26)14-2-4-15(21)5-3-14/h2-7,12-13H,8-11H2,1H3,(H2,23,24,26,27). The van der Waals surface area contributed by atoms with Gasteiger partial charge >= 0.3 is 0 Å². The number of amides is 1. The number of rotatable bonds is 3. The van der Waals surface area contributed by atoms with E-state index in [2.05, 4.69) is 22.5 Å². The number of anilines is 2. The first-order chi connectivity index (χ1) is 12.9. The summed E-state index contributed by atoms with van der Waals surface area (Å²) in [6, 6.07) is 12.3. The zero-order valence-corrected chi connectivity index (χ0v) is 17.3. The van der Waals surface area contributed by atoms with E-state index in [-0.39, 0.29) is 11.0 Å². The van der Waals surface area contributed by atoms with Crippen LogP contribution in [0.5, 0.6) is 0 Å². The third kappa shape index (κ3) is 5.34. The summed E-state index contributed by atoms with van der Waals surface area (Å²) in [5.74, 6) is 0.469. The van der Waals surface area contributed by atoms with Gasteiger partial charge in [-0.25, -0.2) is 0 Å². The van der Waals surface area contributed by atoms with Crippen LogP contribution >= 0.6 is 35.4 Å². The SMILES string of the molecule is CC1CCN(c2ccc(NC(=S)NC(=O)c3ccc(Cl)cc3)cc2Cl)CC1. The van der Waals surface area contributed by atoms with Gasteiger partial charge in [-0.15, -0.1) is 0 Å². The van der Waals surface area contributed by atoms with Crippen LogP contribution in [0.4, 0.5) is 11.4 Å². The predicted molar refractivity (Wildman–Crippen MR) is 117 cm³/mol. The molecule has 0 aliphatic carbocycles. The fourth-order valence-electron chi connectivity index (χ4n) is 3.03. The molecular formula is C20H21Cl2N3OS. The number of thiocarbonyl (C=S) groups is 1. The van der Waals surface area contributed by atoms with Gasteiger partial charge in [0, 0.05) is 29.4 Å². The van der Waals surface area contributed by atoms with Gasteiger partial charge in [0.15, 0.2) is 5.11 Å². The average molecular weight is 422 g/mol. The molecule has 0 saturated carbocycles. The molecule has 1 fully saturated rings. The number of carbonyl (C=O) groups is 1. The third-order valence-electron chi connectivity index (χ3n) is 4.66. The van der Waals surface area contributed by atoms with E-state index in [0.717, 1.165) is 30.4 Å². The van der Waals surface area contributed by atoms with Gasteiger partial charge in [0.1, 0.15) is 0 Å². The lowest BCUT2D eigenvalue weighted by atomic mass is 9.99.